The van der Waals surface area contributed by atoms with Gasteiger partial charge in [-0.15, -0.1) is 0 Å². The van der Waals surface area contributed by atoms with E-state index in [1.807, 2.05) is 0 Å². The van der Waals surface area contributed by atoms with Gasteiger partial charge in [-0.2, -0.15) is 4.39 Å². The maximum atomic E-state index is 13.8. The van der Waals surface area contributed by atoms with Crippen LogP contribution in [0.5, 0.6) is 5.75 Å². The first-order valence-corrected chi connectivity index (χ1v) is 7.75. The largest absolute Gasteiger partial charge is 0.505 e. The lowest BCUT2D eigenvalue weighted by molar-refractivity contribution is -0.0181. The van der Waals surface area contributed by atoms with Gasteiger partial charge in [-0.05, 0) is 68.4 Å². The van der Waals surface area contributed by atoms with Crippen LogP contribution in [0.25, 0.3) is 0 Å². The molecule has 0 heterocycles. The third-order valence-corrected chi connectivity index (χ3v) is 5.56. The Balaban J connectivity index is 1.67. The maximum Gasteiger partial charge on any atom is 0.201 e. The molecule has 1 aromatic rings. The Hall–Kier alpha value is -1.56. The highest BCUT2D eigenvalue weighted by Crippen LogP contribution is 2.59. The van der Waals surface area contributed by atoms with Gasteiger partial charge in [-0.3, -0.25) is 0 Å². The van der Waals surface area contributed by atoms with Gasteiger partial charge in [0.25, 0.3) is 0 Å². The van der Waals surface area contributed by atoms with Crippen molar-refractivity contribution in [2.24, 2.45) is 23.2 Å². The van der Waals surface area contributed by atoms with E-state index in [-0.39, 0.29) is 11.0 Å². The molecule has 0 unspecified atom stereocenters. The van der Waals surface area contributed by atoms with Crippen molar-refractivity contribution >= 4 is 0 Å². The summed E-state index contributed by atoms with van der Waals surface area (Å²) >= 11 is 0. The first-order valence-electron chi connectivity index (χ1n) is 7.75. The summed E-state index contributed by atoms with van der Waals surface area (Å²) in [6.07, 6.45) is 7.37. The van der Waals surface area contributed by atoms with E-state index in [4.69, 9.17) is 5.11 Å². The van der Waals surface area contributed by atoms with E-state index in [9.17, 15) is 8.78 Å². The molecule has 0 amide bonds. The summed E-state index contributed by atoms with van der Waals surface area (Å²) in [4.78, 5) is 0. The second-order valence-electron chi connectivity index (χ2n) is 7.21. The van der Waals surface area contributed by atoms with Gasteiger partial charge in [0.2, 0.25) is 5.82 Å². The Labute approximate surface area is 123 Å². The molecule has 0 spiro atoms. The molecule has 21 heavy (non-hydrogen) atoms. The molecule has 0 aromatic heterocycles. The van der Waals surface area contributed by atoms with Crippen molar-refractivity contribution in [3.63, 3.8) is 0 Å². The molecule has 4 fully saturated rings. The number of hydrogen-bond acceptors (Lipinski definition) is 1. The molecule has 3 heteroatoms. The predicted octanol–water partition coefficient (Wildman–Crippen LogP) is 4.24. The van der Waals surface area contributed by atoms with Crippen molar-refractivity contribution < 1.29 is 13.9 Å². The van der Waals surface area contributed by atoms with Crippen LogP contribution in [0.1, 0.15) is 44.1 Å². The van der Waals surface area contributed by atoms with E-state index in [1.165, 1.54) is 31.4 Å². The lowest BCUT2D eigenvalue weighted by atomic mass is 9.50. The number of phenols is 1. The summed E-state index contributed by atoms with van der Waals surface area (Å²) < 4.78 is 27.2. The van der Waals surface area contributed by atoms with Crippen LogP contribution in [-0.2, 0) is 0 Å². The first-order chi connectivity index (χ1) is 10.0. The van der Waals surface area contributed by atoms with Gasteiger partial charge in [0.15, 0.2) is 11.6 Å². The monoisotopic (exact) mass is 288 g/mol. The topological polar surface area (TPSA) is 20.2 Å². The van der Waals surface area contributed by atoms with Crippen molar-refractivity contribution in [3.8, 4) is 17.6 Å². The molecule has 0 aliphatic heterocycles. The number of hydrogen-bond donors (Lipinski definition) is 1. The van der Waals surface area contributed by atoms with E-state index in [0.29, 0.717) is 0 Å². The number of benzene rings is 1. The van der Waals surface area contributed by atoms with Crippen LogP contribution in [0.15, 0.2) is 12.1 Å². The minimum absolute atomic E-state index is 0.0234. The average molecular weight is 288 g/mol. The summed E-state index contributed by atoms with van der Waals surface area (Å²) in [6, 6.07) is 2.53. The Bertz CT molecular complexity index is 618. The second-order valence-corrected chi connectivity index (χ2v) is 7.21. The molecule has 0 saturated heterocycles. The Morgan fingerprint density at radius 3 is 2.10 bits per heavy atom. The van der Waals surface area contributed by atoms with E-state index in [1.54, 1.807) is 0 Å². The van der Waals surface area contributed by atoms with Crippen molar-refractivity contribution in [1.82, 2.24) is 0 Å². The first kappa shape index (κ1) is 13.1. The van der Waals surface area contributed by atoms with Crippen LogP contribution in [0, 0.1) is 46.6 Å². The molecule has 1 aromatic carbocycles. The molecule has 4 saturated carbocycles. The molecule has 4 aliphatic rings. The van der Waals surface area contributed by atoms with Gasteiger partial charge in [0.1, 0.15) is 0 Å². The van der Waals surface area contributed by atoms with Crippen molar-refractivity contribution in [2.75, 3.05) is 0 Å². The molecule has 0 atom stereocenters. The maximum absolute atomic E-state index is 13.8. The number of rotatable bonds is 0. The zero-order valence-electron chi connectivity index (χ0n) is 11.8. The molecule has 4 bridgehead atoms. The molecule has 1 N–H and O–H groups in total. The van der Waals surface area contributed by atoms with Gasteiger partial charge in [0.05, 0.1) is 5.56 Å². The molecular formula is C18H18F2O. The Morgan fingerprint density at radius 1 is 0.952 bits per heavy atom. The van der Waals surface area contributed by atoms with Crippen LogP contribution < -0.4 is 0 Å². The van der Waals surface area contributed by atoms with Crippen molar-refractivity contribution in [2.45, 2.75) is 38.5 Å². The average Bonchev–Trinajstić information content (AvgIpc) is 2.42. The Kier molecular flexibility index (Phi) is 2.79. The van der Waals surface area contributed by atoms with E-state index in [2.05, 4.69) is 11.8 Å². The zero-order chi connectivity index (χ0) is 14.6. The van der Waals surface area contributed by atoms with Gasteiger partial charge < -0.3 is 5.11 Å². The predicted molar refractivity (Wildman–Crippen MR) is 75.5 cm³/mol. The summed E-state index contributed by atoms with van der Waals surface area (Å²) in [7, 11) is 0. The molecule has 5 rings (SSSR count). The highest BCUT2D eigenvalue weighted by atomic mass is 19.2. The fourth-order valence-corrected chi connectivity index (χ4v) is 5.10. The highest BCUT2D eigenvalue weighted by molar-refractivity contribution is 5.41. The third kappa shape index (κ3) is 2.12. The molecule has 0 radical (unpaired) electrons. The summed E-state index contributed by atoms with van der Waals surface area (Å²) in [5, 5.41) is 9.16. The van der Waals surface area contributed by atoms with Crippen LogP contribution in [0.2, 0.25) is 0 Å². The van der Waals surface area contributed by atoms with Crippen LogP contribution >= 0.6 is 0 Å². The van der Waals surface area contributed by atoms with Crippen LogP contribution in [-0.4, -0.2) is 5.11 Å². The summed E-state index contributed by atoms with van der Waals surface area (Å²) in [6.45, 7) is 0. The Morgan fingerprint density at radius 2 is 1.52 bits per heavy atom. The molecule has 4 aliphatic carbocycles. The van der Waals surface area contributed by atoms with Crippen molar-refractivity contribution in [1.29, 1.82) is 0 Å². The third-order valence-electron chi connectivity index (χ3n) is 5.56. The minimum atomic E-state index is -1.20. The lowest BCUT2D eigenvalue weighted by Crippen LogP contribution is -2.45. The van der Waals surface area contributed by atoms with Crippen molar-refractivity contribution in [3.05, 3.63) is 29.3 Å². The van der Waals surface area contributed by atoms with Crippen LogP contribution in [0.3, 0.4) is 0 Å². The fraction of sp³-hybridized carbons (Fsp3) is 0.556. The molecular weight excluding hydrogens is 270 g/mol. The van der Waals surface area contributed by atoms with E-state index < -0.39 is 17.4 Å². The number of aromatic hydroxyl groups is 1. The summed E-state index contributed by atoms with van der Waals surface area (Å²) in [5.74, 6) is 5.61. The van der Waals surface area contributed by atoms with Gasteiger partial charge in [0, 0.05) is 5.41 Å². The number of halogens is 2. The van der Waals surface area contributed by atoms with Crippen LogP contribution in [0.4, 0.5) is 8.78 Å². The molecule has 110 valence electrons. The highest BCUT2D eigenvalue weighted by Gasteiger charge is 2.50. The normalized spacial score (nSPS) is 36.4. The van der Waals surface area contributed by atoms with E-state index in [0.717, 1.165) is 37.0 Å². The quantitative estimate of drug-likeness (QED) is 0.708. The fourth-order valence-electron chi connectivity index (χ4n) is 5.10. The smallest absolute Gasteiger partial charge is 0.201 e. The van der Waals surface area contributed by atoms with Gasteiger partial charge >= 0.3 is 0 Å². The SMILES string of the molecule is Oc1ccc(C#C[C@]23CC4C[C@H](C[C@@H](C4)C2)C3)c(F)c1F. The summed E-state index contributed by atoms with van der Waals surface area (Å²) in [5.41, 5.74) is 0.0799. The van der Waals surface area contributed by atoms with E-state index >= 15 is 0 Å². The lowest BCUT2D eigenvalue weighted by Gasteiger charge is -2.54. The second kappa shape index (κ2) is 4.47. The zero-order valence-corrected chi connectivity index (χ0v) is 11.8. The minimum Gasteiger partial charge on any atom is -0.505 e. The molecule has 1 nitrogen and oxygen atoms in total. The van der Waals surface area contributed by atoms with Gasteiger partial charge in [-0.25, -0.2) is 4.39 Å². The standard InChI is InChI=1S/C18H18F2O/c19-16-14(1-2-15(21)17(16)20)3-4-18-8-11-5-12(9-18)7-13(6-11)10-18/h1-2,11-13,21H,5-10H2/t11-,12-,13?,18-/m0/s1. The number of phenolic OH excluding ortho intramolecular Hbond substituents is 1. The van der Waals surface area contributed by atoms with Gasteiger partial charge in [-0.1, -0.05) is 11.8 Å².